The van der Waals surface area contributed by atoms with Gasteiger partial charge in [-0.05, 0) is 62.7 Å². The van der Waals surface area contributed by atoms with Gasteiger partial charge in [-0.25, -0.2) is 0 Å². The molecule has 0 unspecified atom stereocenters. The predicted octanol–water partition coefficient (Wildman–Crippen LogP) is 3.42. The summed E-state index contributed by atoms with van der Waals surface area (Å²) < 4.78 is 13.2. The minimum absolute atomic E-state index is 0.431. The average molecular weight is 394 g/mol. The van der Waals surface area contributed by atoms with E-state index in [0.717, 1.165) is 26.1 Å². The van der Waals surface area contributed by atoms with Gasteiger partial charge in [0.15, 0.2) is 5.76 Å². The summed E-state index contributed by atoms with van der Waals surface area (Å²) in [7, 11) is 0. The lowest BCUT2D eigenvalue weighted by atomic mass is 9.90. The first kappa shape index (κ1) is 17.4. The molecule has 1 saturated carbocycles. The molecule has 1 saturated heterocycles. The third-order valence-electron chi connectivity index (χ3n) is 7.06. The van der Waals surface area contributed by atoms with E-state index in [1.165, 1.54) is 50.2 Å². The van der Waals surface area contributed by atoms with Gasteiger partial charge in [0, 0.05) is 18.9 Å². The third kappa shape index (κ3) is 3.10. The molecule has 8 nitrogen and oxygen atoms in total. The van der Waals surface area contributed by atoms with Crippen LogP contribution >= 0.6 is 0 Å². The predicted molar refractivity (Wildman–Crippen MR) is 104 cm³/mol. The molecule has 2 fully saturated rings. The van der Waals surface area contributed by atoms with Gasteiger partial charge in [0.05, 0.1) is 12.8 Å². The van der Waals surface area contributed by atoms with E-state index >= 15 is 0 Å². The van der Waals surface area contributed by atoms with Crippen molar-refractivity contribution in [1.29, 1.82) is 0 Å². The molecule has 3 aromatic heterocycles. The molecule has 0 bridgehead atoms. The van der Waals surface area contributed by atoms with Crippen LogP contribution < -0.4 is 0 Å². The van der Waals surface area contributed by atoms with Crippen molar-refractivity contribution in [3.05, 3.63) is 35.9 Å². The van der Waals surface area contributed by atoms with Gasteiger partial charge >= 0.3 is 0 Å². The lowest BCUT2D eigenvalue weighted by Crippen LogP contribution is -2.34. The van der Waals surface area contributed by atoms with Crippen LogP contribution in [0.1, 0.15) is 62.0 Å². The highest BCUT2D eigenvalue weighted by atomic mass is 16.5. The van der Waals surface area contributed by atoms with E-state index in [1.807, 2.05) is 12.1 Å². The summed E-state index contributed by atoms with van der Waals surface area (Å²) in [5, 5.41) is 13.2. The molecule has 29 heavy (non-hydrogen) atoms. The van der Waals surface area contributed by atoms with Crippen molar-refractivity contribution in [3.8, 4) is 11.6 Å². The zero-order valence-electron chi connectivity index (χ0n) is 16.6. The number of rotatable bonds is 4. The first-order valence-corrected chi connectivity index (χ1v) is 10.8. The third-order valence-corrected chi connectivity index (χ3v) is 7.06. The van der Waals surface area contributed by atoms with E-state index in [2.05, 4.69) is 29.8 Å². The number of piperidine rings is 1. The van der Waals surface area contributed by atoms with Crippen molar-refractivity contribution in [2.45, 2.75) is 64.0 Å². The first-order chi connectivity index (χ1) is 14.3. The van der Waals surface area contributed by atoms with Crippen molar-refractivity contribution in [2.75, 3.05) is 13.1 Å². The second kappa shape index (κ2) is 6.79. The van der Waals surface area contributed by atoms with Crippen LogP contribution in [-0.2, 0) is 19.5 Å². The maximum absolute atomic E-state index is 5.43. The highest BCUT2D eigenvalue weighted by Crippen LogP contribution is 2.64. The Hall–Kier alpha value is -2.48. The molecule has 2 aliphatic heterocycles. The Labute approximate surface area is 169 Å². The van der Waals surface area contributed by atoms with Gasteiger partial charge in [-0.3, -0.25) is 4.90 Å². The zero-order chi connectivity index (χ0) is 19.3. The van der Waals surface area contributed by atoms with Crippen LogP contribution in [0.2, 0.25) is 0 Å². The molecule has 0 aromatic carbocycles. The van der Waals surface area contributed by atoms with Gasteiger partial charge in [-0.1, -0.05) is 11.6 Å². The topological polar surface area (TPSA) is 86.0 Å². The normalized spacial score (nSPS) is 23.8. The Morgan fingerprint density at radius 1 is 1.10 bits per heavy atom. The van der Waals surface area contributed by atoms with Gasteiger partial charge in [0.2, 0.25) is 11.7 Å². The Bertz CT molecular complexity index is 983. The van der Waals surface area contributed by atoms with Crippen LogP contribution in [-0.4, -0.2) is 42.9 Å². The quantitative estimate of drug-likeness (QED) is 0.670. The van der Waals surface area contributed by atoms with Crippen LogP contribution in [0.5, 0.6) is 0 Å². The second-order valence-corrected chi connectivity index (χ2v) is 8.82. The summed E-state index contributed by atoms with van der Waals surface area (Å²) in [4.78, 5) is 6.90. The van der Waals surface area contributed by atoms with E-state index in [1.54, 1.807) is 6.26 Å². The van der Waals surface area contributed by atoms with Crippen molar-refractivity contribution < 1.29 is 8.94 Å². The summed E-state index contributed by atoms with van der Waals surface area (Å²) in [5.41, 5.74) is 0.431. The average Bonchev–Trinajstić information content (AvgIpc) is 3.15. The lowest BCUT2D eigenvalue weighted by Gasteiger charge is -2.31. The van der Waals surface area contributed by atoms with Crippen LogP contribution in [0, 0.1) is 5.41 Å². The highest BCUT2D eigenvalue weighted by Gasteiger charge is 2.57. The smallest absolute Gasteiger partial charge is 0.241 e. The minimum Gasteiger partial charge on any atom is -0.461 e. The Morgan fingerprint density at radius 2 is 2.03 bits per heavy atom. The van der Waals surface area contributed by atoms with Crippen molar-refractivity contribution in [1.82, 2.24) is 29.8 Å². The number of aromatic nitrogens is 5. The summed E-state index contributed by atoms with van der Waals surface area (Å²) >= 11 is 0. The fourth-order valence-corrected chi connectivity index (χ4v) is 5.20. The fraction of sp³-hybridized carbons (Fsp3) is 0.619. The van der Waals surface area contributed by atoms with Gasteiger partial charge < -0.3 is 13.5 Å². The van der Waals surface area contributed by atoms with Gasteiger partial charge in [-0.2, -0.15) is 4.98 Å². The van der Waals surface area contributed by atoms with Gasteiger partial charge in [-0.15, -0.1) is 10.2 Å². The molecule has 8 heteroatoms. The number of hydrogen-bond acceptors (Lipinski definition) is 7. The lowest BCUT2D eigenvalue weighted by molar-refractivity contribution is 0.145. The zero-order valence-corrected chi connectivity index (χ0v) is 16.6. The SMILES string of the molecule is c1coc(-c2noc(CN3CCC4(CC3)C[C@H]4c3nnc4n3CCCCC4)n2)c1. The van der Waals surface area contributed by atoms with Crippen LogP contribution in [0.3, 0.4) is 0 Å². The number of nitrogens with zero attached hydrogens (tertiary/aromatic N) is 6. The van der Waals surface area contributed by atoms with Crippen LogP contribution in [0.4, 0.5) is 0 Å². The minimum atomic E-state index is 0.431. The Kier molecular flexibility index (Phi) is 4.07. The molecule has 1 atom stereocenters. The maximum atomic E-state index is 5.43. The molecule has 0 N–H and O–H groups in total. The molecule has 1 spiro atoms. The monoisotopic (exact) mass is 394 g/mol. The fourth-order valence-electron chi connectivity index (χ4n) is 5.20. The molecular weight excluding hydrogens is 368 g/mol. The van der Waals surface area contributed by atoms with E-state index in [0.29, 0.717) is 35.4 Å². The molecule has 3 aromatic rings. The van der Waals surface area contributed by atoms with E-state index in [9.17, 15) is 0 Å². The molecule has 6 rings (SSSR count). The van der Waals surface area contributed by atoms with E-state index in [-0.39, 0.29) is 0 Å². The summed E-state index contributed by atoms with van der Waals surface area (Å²) in [6, 6.07) is 3.67. The van der Waals surface area contributed by atoms with Crippen LogP contribution in [0.15, 0.2) is 27.3 Å². The number of fused-ring (bicyclic) bond motifs is 1. The van der Waals surface area contributed by atoms with E-state index < -0.39 is 0 Å². The summed E-state index contributed by atoms with van der Waals surface area (Å²) in [5.74, 6) is 4.88. The van der Waals surface area contributed by atoms with Gasteiger partial charge in [0.1, 0.15) is 11.6 Å². The van der Waals surface area contributed by atoms with Crippen molar-refractivity contribution >= 4 is 0 Å². The van der Waals surface area contributed by atoms with Crippen LogP contribution in [0.25, 0.3) is 11.6 Å². The molecule has 1 aliphatic carbocycles. The first-order valence-electron chi connectivity index (χ1n) is 10.8. The van der Waals surface area contributed by atoms with Crippen molar-refractivity contribution in [2.24, 2.45) is 5.41 Å². The number of hydrogen-bond donors (Lipinski definition) is 0. The molecule has 3 aliphatic rings. The second-order valence-electron chi connectivity index (χ2n) is 8.82. The van der Waals surface area contributed by atoms with E-state index in [4.69, 9.17) is 8.94 Å². The number of likely N-dealkylation sites (tertiary alicyclic amines) is 1. The Balaban J connectivity index is 1.09. The molecule has 5 heterocycles. The molecular formula is C21H26N6O2. The standard InChI is InChI=1S/C21H26N6O2/c1-2-6-17-23-24-20(27(17)9-3-1)15-13-21(15)7-10-26(11-8-21)14-18-22-19(25-29-18)16-5-4-12-28-16/h4-5,12,15H,1-3,6-11,13-14H2/t15-/m0/s1. The largest absolute Gasteiger partial charge is 0.461 e. The summed E-state index contributed by atoms with van der Waals surface area (Å²) in [6.45, 7) is 3.94. The van der Waals surface area contributed by atoms with Crippen molar-refractivity contribution in [3.63, 3.8) is 0 Å². The number of furan rings is 1. The van der Waals surface area contributed by atoms with Gasteiger partial charge in [0.25, 0.3) is 0 Å². The molecule has 0 radical (unpaired) electrons. The molecule has 152 valence electrons. The highest BCUT2D eigenvalue weighted by molar-refractivity contribution is 5.44. The molecule has 0 amide bonds. The maximum Gasteiger partial charge on any atom is 0.241 e. The summed E-state index contributed by atoms with van der Waals surface area (Å²) in [6.07, 6.45) is 10.2. The number of aryl methyl sites for hydroxylation is 1. The Morgan fingerprint density at radius 3 is 2.90 bits per heavy atom.